The van der Waals surface area contributed by atoms with E-state index in [1.54, 1.807) is 0 Å². The molecular formula is C20H26N2O. The van der Waals surface area contributed by atoms with E-state index in [0.29, 0.717) is 12.5 Å². The first-order valence-electron chi connectivity index (χ1n) is 9.64. The second-order valence-electron chi connectivity index (χ2n) is 7.89. The molecule has 1 aliphatic carbocycles. The normalized spacial score (nSPS) is 35.9. The molecule has 5 unspecified atom stereocenters. The topological polar surface area (TPSA) is 39.3 Å². The van der Waals surface area contributed by atoms with Crippen molar-refractivity contribution in [2.45, 2.75) is 51.2 Å². The summed E-state index contributed by atoms with van der Waals surface area (Å²) >= 11 is 0. The highest BCUT2D eigenvalue weighted by Gasteiger charge is 2.48. The number of hydrogen-bond acceptors (Lipinski definition) is 2. The molecular weight excluding hydrogens is 284 g/mol. The Hall–Kier alpha value is -1.32. The molecule has 2 N–H and O–H groups in total. The minimum Gasteiger partial charge on any atom is -0.392 e. The molecule has 3 heteroatoms. The third-order valence-corrected chi connectivity index (χ3v) is 6.75. The molecule has 5 atom stereocenters. The Morgan fingerprint density at radius 1 is 1.39 bits per heavy atom. The lowest BCUT2D eigenvalue weighted by Gasteiger charge is -2.53. The van der Waals surface area contributed by atoms with Gasteiger partial charge in [-0.15, -0.1) is 0 Å². The number of aliphatic hydroxyl groups excluding tert-OH is 1. The molecule has 3 nitrogen and oxygen atoms in total. The number of piperidine rings is 2. The molecule has 4 bridgehead atoms. The van der Waals surface area contributed by atoms with Crippen LogP contribution in [0.4, 0.5) is 0 Å². The Balaban J connectivity index is 1.63. The lowest BCUT2D eigenvalue weighted by molar-refractivity contribution is -0.0134. The van der Waals surface area contributed by atoms with Crippen LogP contribution in [0.2, 0.25) is 0 Å². The van der Waals surface area contributed by atoms with Crippen LogP contribution in [-0.4, -0.2) is 35.6 Å². The van der Waals surface area contributed by atoms with Gasteiger partial charge in [-0.25, -0.2) is 0 Å². The van der Waals surface area contributed by atoms with E-state index in [2.05, 4.69) is 40.1 Å². The molecule has 4 heterocycles. The van der Waals surface area contributed by atoms with E-state index in [9.17, 15) is 0 Å². The van der Waals surface area contributed by atoms with Crippen molar-refractivity contribution in [1.29, 1.82) is 1.43 Å². The SMILES string of the molecule is [2H]OCc1ccc2[nH]c3c(c2c1)CCN1CC2CC(CC)C1C3C2. The van der Waals surface area contributed by atoms with Crippen LogP contribution in [0.15, 0.2) is 18.2 Å². The van der Waals surface area contributed by atoms with Crippen molar-refractivity contribution in [2.24, 2.45) is 11.8 Å². The van der Waals surface area contributed by atoms with E-state index >= 15 is 0 Å². The Kier molecular flexibility index (Phi) is 2.88. The van der Waals surface area contributed by atoms with Crippen molar-refractivity contribution in [1.82, 2.24) is 9.88 Å². The van der Waals surface area contributed by atoms with Crippen molar-refractivity contribution < 1.29 is 5.11 Å². The van der Waals surface area contributed by atoms with Crippen LogP contribution in [0.25, 0.3) is 10.9 Å². The van der Waals surface area contributed by atoms with Gasteiger partial charge in [-0.3, -0.25) is 4.90 Å². The fourth-order valence-electron chi connectivity index (χ4n) is 5.83. The zero-order chi connectivity index (χ0) is 16.3. The van der Waals surface area contributed by atoms with Crippen molar-refractivity contribution in [3.05, 3.63) is 35.0 Å². The van der Waals surface area contributed by atoms with Crippen LogP contribution >= 0.6 is 0 Å². The first kappa shape index (κ1) is 13.0. The largest absolute Gasteiger partial charge is 0.392 e. The van der Waals surface area contributed by atoms with Crippen LogP contribution < -0.4 is 0 Å². The van der Waals surface area contributed by atoms with E-state index in [0.717, 1.165) is 29.9 Å². The van der Waals surface area contributed by atoms with Gasteiger partial charge in [0.15, 0.2) is 0 Å². The van der Waals surface area contributed by atoms with Gasteiger partial charge in [0.1, 0.15) is 0 Å². The number of nitrogens with one attached hydrogen (secondary N) is 1. The van der Waals surface area contributed by atoms with Crippen LogP contribution in [0, 0.1) is 11.8 Å². The van der Waals surface area contributed by atoms with Gasteiger partial charge >= 0.3 is 0 Å². The predicted molar refractivity (Wildman–Crippen MR) is 92.5 cm³/mol. The maximum absolute atomic E-state index is 7.02. The summed E-state index contributed by atoms with van der Waals surface area (Å²) < 4.78 is 7.02. The summed E-state index contributed by atoms with van der Waals surface area (Å²) in [4.78, 5) is 6.59. The molecule has 1 aromatic heterocycles. The summed E-state index contributed by atoms with van der Waals surface area (Å²) in [6.07, 6.45) is 5.26. The average molecular weight is 311 g/mol. The van der Waals surface area contributed by atoms with Gasteiger partial charge in [-0.1, -0.05) is 19.4 Å². The summed E-state index contributed by atoms with van der Waals surface area (Å²) in [5.74, 6) is 2.44. The van der Waals surface area contributed by atoms with Gasteiger partial charge in [-0.05, 0) is 54.4 Å². The van der Waals surface area contributed by atoms with Crippen molar-refractivity contribution in [3.8, 4) is 0 Å². The minimum atomic E-state index is 0.369. The summed E-state index contributed by atoms with van der Waals surface area (Å²) in [5, 5.41) is 5.95. The molecule has 4 aliphatic rings. The molecule has 6 rings (SSSR count). The molecule has 0 amide bonds. The average Bonchev–Trinajstić information content (AvgIpc) is 2.92. The highest BCUT2D eigenvalue weighted by Crippen LogP contribution is 2.51. The third kappa shape index (κ3) is 1.96. The van der Waals surface area contributed by atoms with Crippen LogP contribution in [-0.2, 0) is 13.0 Å². The number of benzene rings is 1. The van der Waals surface area contributed by atoms with E-state index in [4.69, 9.17) is 1.43 Å². The van der Waals surface area contributed by atoms with Gasteiger partial charge in [0.25, 0.3) is 0 Å². The number of nitrogens with zero attached hydrogens (tertiary/aromatic N) is 1. The molecule has 0 spiro atoms. The van der Waals surface area contributed by atoms with Crippen molar-refractivity contribution in [3.63, 3.8) is 0 Å². The molecule has 2 saturated heterocycles. The summed E-state index contributed by atoms with van der Waals surface area (Å²) in [5.41, 5.74) is 5.41. The smallest absolute Gasteiger partial charge is 0.211 e. The number of aromatic amines is 1. The number of hydrogen-bond donors (Lipinski definition) is 2. The number of H-pyrrole nitrogens is 1. The summed E-state index contributed by atoms with van der Waals surface area (Å²) in [6.45, 7) is 5.26. The lowest BCUT2D eigenvalue weighted by atomic mass is 9.65. The first-order chi connectivity index (χ1) is 11.8. The number of fused-ring (bicyclic) bond motifs is 4. The van der Waals surface area contributed by atoms with Crippen LogP contribution in [0.3, 0.4) is 0 Å². The molecule has 2 aromatic rings. The monoisotopic (exact) mass is 311 g/mol. The number of rotatable bonds is 3. The maximum atomic E-state index is 7.02. The van der Waals surface area contributed by atoms with Gasteiger partial charge in [-0.2, -0.15) is 0 Å². The number of aliphatic hydroxyl groups is 1. The van der Waals surface area contributed by atoms with E-state index in [1.807, 2.05) is 0 Å². The lowest BCUT2D eigenvalue weighted by Crippen LogP contribution is -2.56. The molecule has 23 heavy (non-hydrogen) atoms. The summed E-state index contributed by atoms with van der Waals surface area (Å²) in [7, 11) is 0. The van der Waals surface area contributed by atoms with Gasteiger partial charge in [0, 0.05) is 41.6 Å². The predicted octanol–water partition coefficient (Wildman–Crippen LogP) is 3.42. The van der Waals surface area contributed by atoms with Crippen molar-refractivity contribution >= 4 is 10.9 Å². The first-order valence-corrected chi connectivity index (χ1v) is 9.24. The van der Waals surface area contributed by atoms with Crippen molar-refractivity contribution in [2.75, 3.05) is 13.1 Å². The Bertz CT molecular complexity index is 770. The third-order valence-electron chi connectivity index (χ3n) is 6.75. The Morgan fingerprint density at radius 3 is 3.22 bits per heavy atom. The quantitative estimate of drug-likeness (QED) is 0.911. The van der Waals surface area contributed by atoms with Gasteiger partial charge in [0.2, 0.25) is 1.43 Å². The summed E-state index contributed by atoms with van der Waals surface area (Å²) in [6, 6.07) is 7.24. The van der Waals surface area contributed by atoms with Crippen LogP contribution in [0.1, 0.15) is 48.9 Å². The molecule has 1 aromatic carbocycles. The van der Waals surface area contributed by atoms with E-state index in [1.165, 1.54) is 54.5 Å². The zero-order valence-electron chi connectivity index (χ0n) is 14.8. The van der Waals surface area contributed by atoms with E-state index in [-0.39, 0.29) is 0 Å². The molecule has 0 radical (unpaired) electrons. The molecule has 3 aliphatic heterocycles. The second kappa shape index (κ2) is 5.09. The highest BCUT2D eigenvalue weighted by atomic mass is 16.3. The van der Waals surface area contributed by atoms with Gasteiger partial charge in [0.05, 0.1) is 6.61 Å². The highest BCUT2D eigenvalue weighted by molar-refractivity contribution is 5.86. The zero-order valence-corrected chi connectivity index (χ0v) is 13.8. The Morgan fingerprint density at radius 2 is 2.35 bits per heavy atom. The van der Waals surface area contributed by atoms with E-state index < -0.39 is 0 Å². The van der Waals surface area contributed by atoms with Crippen LogP contribution in [0.5, 0.6) is 0 Å². The number of aromatic nitrogens is 1. The van der Waals surface area contributed by atoms with Gasteiger partial charge < -0.3 is 10.1 Å². The molecule has 122 valence electrons. The molecule has 3 fully saturated rings. The standard InChI is InChI=1S/C20H26N2O/c1-2-14-7-13-9-17-19-15(5-6-22(10-13)20(14)17)16-8-12(11-23)3-4-18(16)21-19/h3-4,8,13-14,17,20-21,23H,2,5-7,9-11H2,1H3/i23D. The molecule has 1 saturated carbocycles. The maximum Gasteiger partial charge on any atom is 0.211 e. The minimum absolute atomic E-state index is 0.369. The fourth-order valence-corrected chi connectivity index (χ4v) is 5.83. The second-order valence-corrected chi connectivity index (χ2v) is 7.89. The fraction of sp³-hybridized carbons (Fsp3) is 0.600. The Labute approximate surface area is 139 Å².